The monoisotopic (exact) mass is 216 g/mol. The highest BCUT2D eigenvalue weighted by Gasteiger charge is 2.14. The molecular weight excluding hydrogens is 196 g/mol. The van der Waals surface area contributed by atoms with E-state index in [1.54, 1.807) is 0 Å². The molecule has 1 fully saturated rings. The van der Waals surface area contributed by atoms with Gasteiger partial charge in [0, 0.05) is 18.3 Å². The molecule has 1 rings (SSSR count). The first kappa shape index (κ1) is 11.7. The zero-order chi connectivity index (χ0) is 10.2. The van der Waals surface area contributed by atoms with Crippen molar-refractivity contribution in [2.24, 2.45) is 0 Å². The molecule has 0 spiro atoms. The predicted molar refractivity (Wildman–Crippen MR) is 61.8 cm³/mol. The van der Waals surface area contributed by atoms with Crippen molar-refractivity contribution >= 4 is 17.8 Å². The van der Waals surface area contributed by atoms with E-state index in [1.165, 1.54) is 25.0 Å². The fourth-order valence-corrected chi connectivity index (χ4v) is 2.71. The van der Waals surface area contributed by atoms with Crippen molar-refractivity contribution in [3.8, 4) is 0 Å². The smallest absolute Gasteiger partial charge is 0.314 e. The van der Waals surface area contributed by atoms with Crippen LogP contribution in [0.5, 0.6) is 0 Å². The highest BCUT2D eigenvalue weighted by Crippen LogP contribution is 2.24. The second kappa shape index (κ2) is 6.98. The minimum atomic E-state index is -0.0157. The van der Waals surface area contributed by atoms with E-state index < -0.39 is 0 Å². The third kappa shape index (κ3) is 4.74. The highest BCUT2D eigenvalue weighted by atomic mass is 32.2. The molecule has 1 saturated heterocycles. The molecule has 0 radical (unpaired) electrons. The van der Waals surface area contributed by atoms with E-state index in [1.807, 2.05) is 11.8 Å². The van der Waals surface area contributed by atoms with Gasteiger partial charge in [0.15, 0.2) is 0 Å². The van der Waals surface area contributed by atoms with Gasteiger partial charge in [-0.15, -0.1) is 0 Å². The van der Waals surface area contributed by atoms with E-state index in [0.29, 0.717) is 5.25 Å². The van der Waals surface area contributed by atoms with Crippen LogP contribution in [0.15, 0.2) is 0 Å². The van der Waals surface area contributed by atoms with Gasteiger partial charge in [0.05, 0.1) is 0 Å². The normalized spacial score (nSPS) is 21.6. The number of hydrogen-bond donors (Lipinski definition) is 2. The van der Waals surface area contributed by atoms with Gasteiger partial charge in [-0.3, -0.25) is 0 Å². The Balaban J connectivity index is 2.03. The van der Waals surface area contributed by atoms with Gasteiger partial charge in [0.25, 0.3) is 0 Å². The van der Waals surface area contributed by atoms with Gasteiger partial charge < -0.3 is 10.6 Å². The zero-order valence-electron chi connectivity index (χ0n) is 8.84. The molecule has 1 aliphatic heterocycles. The number of thioether (sulfide) groups is 1. The van der Waals surface area contributed by atoms with Crippen LogP contribution in [0.2, 0.25) is 0 Å². The van der Waals surface area contributed by atoms with Crippen LogP contribution in [0.25, 0.3) is 0 Å². The lowest BCUT2D eigenvalue weighted by molar-refractivity contribution is 0.241. The first-order chi connectivity index (χ1) is 6.83. The second-order valence-electron chi connectivity index (χ2n) is 3.63. The number of urea groups is 1. The van der Waals surface area contributed by atoms with E-state index in [2.05, 4.69) is 17.6 Å². The van der Waals surface area contributed by atoms with E-state index in [0.717, 1.165) is 19.5 Å². The average Bonchev–Trinajstić information content (AvgIpc) is 2.25. The predicted octanol–water partition coefficient (Wildman–Crippen LogP) is 1.98. The molecule has 1 unspecified atom stereocenters. The summed E-state index contributed by atoms with van der Waals surface area (Å²) in [5.41, 5.74) is 0. The lowest BCUT2D eigenvalue weighted by atomic mass is 10.2. The Kier molecular flexibility index (Phi) is 5.83. The van der Waals surface area contributed by atoms with Gasteiger partial charge in [-0.25, -0.2) is 4.79 Å². The number of hydrogen-bond acceptors (Lipinski definition) is 2. The molecule has 0 bridgehead atoms. The number of rotatable bonds is 4. The van der Waals surface area contributed by atoms with Crippen LogP contribution in [0.4, 0.5) is 4.79 Å². The first-order valence-corrected chi connectivity index (χ1v) is 6.51. The second-order valence-corrected chi connectivity index (χ2v) is 5.03. The van der Waals surface area contributed by atoms with Crippen LogP contribution in [-0.4, -0.2) is 30.1 Å². The van der Waals surface area contributed by atoms with Gasteiger partial charge in [-0.05, 0) is 25.0 Å². The van der Waals surface area contributed by atoms with Crippen LogP contribution in [0.1, 0.15) is 32.6 Å². The maximum Gasteiger partial charge on any atom is 0.314 e. The molecule has 0 aromatic carbocycles. The van der Waals surface area contributed by atoms with Gasteiger partial charge in [0.2, 0.25) is 0 Å². The van der Waals surface area contributed by atoms with Crippen LogP contribution in [0, 0.1) is 0 Å². The molecule has 3 nitrogen and oxygen atoms in total. The van der Waals surface area contributed by atoms with Crippen LogP contribution >= 0.6 is 11.8 Å². The van der Waals surface area contributed by atoms with Gasteiger partial charge >= 0.3 is 6.03 Å². The lowest BCUT2D eigenvalue weighted by Crippen LogP contribution is -2.39. The van der Waals surface area contributed by atoms with Gasteiger partial charge in [-0.1, -0.05) is 13.3 Å². The summed E-state index contributed by atoms with van der Waals surface area (Å²) in [6.07, 6.45) is 4.89. The Morgan fingerprint density at radius 1 is 1.43 bits per heavy atom. The molecule has 14 heavy (non-hydrogen) atoms. The van der Waals surface area contributed by atoms with Crippen molar-refractivity contribution in [2.45, 2.75) is 37.9 Å². The van der Waals surface area contributed by atoms with Crippen molar-refractivity contribution in [1.82, 2.24) is 10.6 Å². The molecule has 0 aromatic rings. The molecule has 1 heterocycles. The number of carbonyl (C=O) groups excluding carboxylic acids is 1. The summed E-state index contributed by atoms with van der Waals surface area (Å²) in [7, 11) is 0. The zero-order valence-corrected chi connectivity index (χ0v) is 9.66. The van der Waals surface area contributed by atoms with Crippen LogP contribution in [-0.2, 0) is 0 Å². The van der Waals surface area contributed by atoms with E-state index >= 15 is 0 Å². The van der Waals surface area contributed by atoms with Crippen molar-refractivity contribution < 1.29 is 4.79 Å². The number of amides is 2. The summed E-state index contributed by atoms with van der Waals surface area (Å²) in [5.74, 6) is 1.25. The molecule has 2 N–H and O–H groups in total. The largest absolute Gasteiger partial charge is 0.338 e. The minimum absolute atomic E-state index is 0.0157. The fourth-order valence-electron chi connectivity index (χ4n) is 1.48. The molecule has 2 amide bonds. The topological polar surface area (TPSA) is 41.1 Å². The Morgan fingerprint density at radius 2 is 2.29 bits per heavy atom. The molecule has 82 valence electrons. The summed E-state index contributed by atoms with van der Waals surface area (Å²) < 4.78 is 0. The maximum absolute atomic E-state index is 11.2. The molecule has 0 aromatic heterocycles. The third-order valence-electron chi connectivity index (χ3n) is 2.30. The molecule has 4 heteroatoms. The quantitative estimate of drug-likeness (QED) is 0.754. The Bertz CT molecular complexity index is 170. The maximum atomic E-state index is 11.2. The highest BCUT2D eigenvalue weighted by molar-refractivity contribution is 7.99. The average molecular weight is 216 g/mol. The van der Waals surface area contributed by atoms with Crippen molar-refractivity contribution in [2.75, 3.05) is 18.8 Å². The van der Waals surface area contributed by atoms with Crippen molar-refractivity contribution in [3.63, 3.8) is 0 Å². The Morgan fingerprint density at radius 3 is 2.93 bits per heavy atom. The summed E-state index contributed by atoms with van der Waals surface area (Å²) >= 11 is 1.99. The first-order valence-electron chi connectivity index (χ1n) is 5.46. The van der Waals surface area contributed by atoms with E-state index in [4.69, 9.17) is 0 Å². The molecule has 0 saturated carbocycles. The summed E-state index contributed by atoms with van der Waals surface area (Å²) in [6, 6.07) is -0.0157. The van der Waals surface area contributed by atoms with Gasteiger partial charge in [0.1, 0.15) is 0 Å². The van der Waals surface area contributed by atoms with Crippen LogP contribution < -0.4 is 10.6 Å². The SMILES string of the molecule is CCCNC(=O)NCC1CCCCS1. The Labute approximate surface area is 90.4 Å². The minimum Gasteiger partial charge on any atom is -0.338 e. The van der Waals surface area contributed by atoms with Gasteiger partial charge in [-0.2, -0.15) is 11.8 Å². The Hall–Kier alpha value is -0.380. The fraction of sp³-hybridized carbons (Fsp3) is 0.900. The number of nitrogens with one attached hydrogen (secondary N) is 2. The summed E-state index contributed by atoms with van der Waals surface area (Å²) in [6.45, 7) is 3.64. The van der Waals surface area contributed by atoms with E-state index in [-0.39, 0.29) is 6.03 Å². The molecule has 1 aliphatic rings. The summed E-state index contributed by atoms with van der Waals surface area (Å²) in [4.78, 5) is 11.2. The van der Waals surface area contributed by atoms with E-state index in [9.17, 15) is 4.79 Å². The molecular formula is C10H20N2OS. The standard InChI is InChI=1S/C10H20N2OS/c1-2-6-11-10(13)12-8-9-5-3-4-7-14-9/h9H,2-8H2,1H3,(H2,11,12,13). The molecule has 0 aliphatic carbocycles. The third-order valence-corrected chi connectivity index (χ3v) is 3.70. The van der Waals surface area contributed by atoms with Crippen LogP contribution in [0.3, 0.4) is 0 Å². The van der Waals surface area contributed by atoms with Crippen molar-refractivity contribution in [3.05, 3.63) is 0 Å². The lowest BCUT2D eigenvalue weighted by Gasteiger charge is -2.21. The summed E-state index contributed by atoms with van der Waals surface area (Å²) in [5, 5.41) is 6.36. The van der Waals surface area contributed by atoms with Crippen molar-refractivity contribution in [1.29, 1.82) is 0 Å². The number of carbonyl (C=O) groups is 1. The molecule has 1 atom stereocenters.